The van der Waals surface area contributed by atoms with Crippen molar-refractivity contribution in [2.75, 3.05) is 26.8 Å². The fourth-order valence-corrected chi connectivity index (χ4v) is 2.98. The lowest BCUT2D eigenvalue weighted by atomic mass is 9.94. The van der Waals surface area contributed by atoms with Gasteiger partial charge in [0.05, 0.1) is 13.2 Å². The van der Waals surface area contributed by atoms with E-state index in [0.717, 1.165) is 19.5 Å². The van der Waals surface area contributed by atoms with E-state index in [4.69, 9.17) is 10.5 Å². The van der Waals surface area contributed by atoms with Crippen molar-refractivity contribution >= 4 is 29.9 Å². The van der Waals surface area contributed by atoms with Gasteiger partial charge in [-0.15, -0.1) is 24.0 Å². The molecule has 0 aliphatic carbocycles. The van der Waals surface area contributed by atoms with Gasteiger partial charge in [-0.2, -0.15) is 0 Å². The van der Waals surface area contributed by atoms with Crippen LogP contribution in [0.5, 0.6) is 0 Å². The third-order valence-electron chi connectivity index (χ3n) is 4.43. The van der Waals surface area contributed by atoms with Crippen LogP contribution in [0, 0.1) is 0 Å². The predicted molar refractivity (Wildman–Crippen MR) is 111 cm³/mol. The Morgan fingerprint density at radius 1 is 1.38 bits per heavy atom. The maximum absolute atomic E-state index is 5.98. The quantitative estimate of drug-likeness (QED) is 0.400. The van der Waals surface area contributed by atoms with E-state index in [0.29, 0.717) is 19.1 Å². The molecule has 1 aromatic rings. The Bertz CT molecular complexity index is 548. The number of fused-ring (bicyclic) bond motifs is 1. The fourth-order valence-electron chi connectivity index (χ4n) is 2.98. The molecule has 6 heteroatoms. The highest BCUT2D eigenvalue weighted by molar-refractivity contribution is 14.0. The molecule has 0 saturated carbocycles. The van der Waals surface area contributed by atoms with Crippen molar-refractivity contribution in [3.63, 3.8) is 0 Å². The van der Waals surface area contributed by atoms with Gasteiger partial charge in [-0.25, -0.2) is 0 Å². The second kappa shape index (κ2) is 9.58. The van der Waals surface area contributed by atoms with Gasteiger partial charge < -0.3 is 15.8 Å². The SMILES string of the molecule is COCC(C)NC(N)=NCC(C)(C)N1CCc2ccccc2C1.I. The van der Waals surface area contributed by atoms with E-state index in [1.807, 2.05) is 6.92 Å². The summed E-state index contributed by atoms with van der Waals surface area (Å²) in [4.78, 5) is 7.03. The zero-order valence-corrected chi connectivity index (χ0v) is 17.5. The first-order valence-corrected chi connectivity index (χ1v) is 8.29. The van der Waals surface area contributed by atoms with Gasteiger partial charge in [-0.05, 0) is 38.3 Å². The molecule has 136 valence electrons. The Balaban J connectivity index is 0.00000288. The first-order chi connectivity index (χ1) is 10.9. The average molecular weight is 446 g/mol. The van der Waals surface area contributed by atoms with E-state index in [2.05, 4.69) is 53.3 Å². The third-order valence-corrected chi connectivity index (χ3v) is 4.43. The Morgan fingerprint density at radius 3 is 2.71 bits per heavy atom. The molecule has 1 heterocycles. The first kappa shape index (κ1) is 21.2. The summed E-state index contributed by atoms with van der Waals surface area (Å²) in [6.07, 6.45) is 1.10. The number of rotatable bonds is 6. The Hall–Kier alpha value is -0.860. The molecule has 1 aromatic carbocycles. The Kier molecular flexibility index (Phi) is 8.45. The van der Waals surface area contributed by atoms with E-state index < -0.39 is 0 Å². The van der Waals surface area contributed by atoms with Crippen molar-refractivity contribution in [3.05, 3.63) is 35.4 Å². The maximum atomic E-state index is 5.98. The Labute approximate surface area is 163 Å². The van der Waals surface area contributed by atoms with Gasteiger partial charge >= 0.3 is 0 Å². The number of methoxy groups -OCH3 is 1. The molecule has 24 heavy (non-hydrogen) atoms. The summed E-state index contributed by atoms with van der Waals surface area (Å²) in [5.74, 6) is 0.486. The van der Waals surface area contributed by atoms with Gasteiger partial charge in [0.2, 0.25) is 0 Å². The van der Waals surface area contributed by atoms with Crippen LogP contribution in [-0.2, 0) is 17.7 Å². The number of guanidine groups is 1. The predicted octanol–water partition coefficient (Wildman–Crippen LogP) is 2.38. The van der Waals surface area contributed by atoms with E-state index in [1.165, 1.54) is 11.1 Å². The molecular weight excluding hydrogens is 415 g/mol. The normalized spacial score (nSPS) is 16.9. The first-order valence-electron chi connectivity index (χ1n) is 8.29. The zero-order chi connectivity index (χ0) is 16.9. The molecule has 3 N–H and O–H groups in total. The summed E-state index contributed by atoms with van der Waals surface area (Å²) in [6.45, 7) is 9.82. The van der Waals surface area contributed by atoms with Crippen molar-refractivity contribution in [1.82, 2.24) is 10.2 Å². The number of ether oxygens (including phenoxy) is 1. The average Bonchev–Trinajstić information content (AvgIpc) is 2.53. The van der Waals surface area contributed by atoms with Crippen LogP contribution >= 0.6 is 24.0 Å². The highest BCUT2D eigenvalue weighted by Gasteiger charge is 2.29. The monoisotopic (exact) mass is 446 g/mol. The van der Waals surface area contributed by atoms with Crippen LogP contribution in [0.4, 0.5) is 0 Å². The van der Waals surface area contributed by atoms with Gasteiger partial charge in [-0.3, -0.25) is 9.89 Å². The van der Waals surface area contributed by atoms with Gasteiger partial charge in [0, 0.05) is 31.8 Å². The van der Waals surface area contributed by atoms with E-state index in [-0.39, 0.29) is 35.6 Å². The Morgan fingerprint density at radius 2 is 2.04 bits per heavy atom. The fraction of sp³-hybridized carbons (Fsp3) is 0.611. The van der Waals surface area contributed by atoms with E-state index in [9.17, 15) is 0 Å². The van der Waals surface area contributed by atoms with Gasteiger partial charge in [0.15, 0.2) is 5.96 Å². The van der Waals surface area contributed by atoms with Crippen LogP contribution < -0.4 is 11.1 Å². The minimum Gasteiger partial charge on any atom is -0.383 e. The van der Waals surface area contributed by atoms with Gasteiger partial charge in [-0.1, -0.05) is 24.3 Å². The summed E-state index contributed by atoms with van der Waals surface area (Å²) in [6, 6.07) is 8.86. The molecule has 0 amide bonds. The molecule has 1 aliphatic rings. The number of nitrogens with one attached hydrogen (secondary N) is 1. The van der Waals surface area contributed by atoms with Crippen LogP contribution in [-0.4, -0.2) is 49.2 Å². The smallest absolute Gasteiger partial charge is 0.188 e. The van der Waals surface area contributed by atoms with E-state index in [1.54, 1.807) is 7.11 Å². The van der Waals surface area contributed by atoms with Crippen molar-refractivity contribution in [2.24, 2.45) is 10.7 Å². The lowest BCUT2D eigenvalue weighted by molar-refractivity contribution is 0.111. The molecule has 1 unspecified atom stereocenters. The minimum atomic E-state index is -0.0235. The van der Waals surface area contributed by atoms with Crippen LogP contribution in [0.1, 0.15) is 31.9 Å². The second-order valence-corrected chi connectivity index (χ2v) is 6.95. The lowest BCUT2D eigenvalue weighted by Crippen LogP contribution is -2.49. The number of nitrogens with two attached hydrogens (primary N) is 1. The molecule has 1 aliphatic heterocycles. The number of hydrogen-bond donors (Lipinski definition) is 2. The molecule has 0 bridgehead atoms. The summed E-state index contributed by atoms with van der Waals surface area (Å²) in [5, 5.41) is 3.16. The number of aliphatic imine (C=N–C) groups is 1. The van der Waals surface area contributed by atoms with Gasteiger partial charge in [0.25, 0.3) is 0 Å². The molecule has 1 atom stereocenters. The molecule has 0 fully saturated rings. The van der Waals surface area contributed by atoms with Crippen molar-refractivity contribution in [1.29, 1.82) is 0 Å². The zero-order valence-electron chi connectivity index (χ0n) is 15.2. The van der Waals surface area contributed by atoms with Gasteiger partial charge in [0.1, 0.15) is 0 Å². The summed E-state index contributed by atoms with van der Waals surface area (Å²) in [5.41, 5.74) is 8.86. The van der Waals surface area contributed by atoms with Crippen LogP contribution in [0.2, 0.25) is 0 Å². The second-order valence-electron chi connectivity index (χ2n) is 6.95. The number of halogens is 1. The summed E-state index contributed by atoms with van der Waals surface area (Å²) < 4.78 is 5.10. The van der Waals surface area contributed by atoms with Crippen LogP contribution in [0.25, 0.3) is 0 Å². The minimum absolute atomic E-state index is 0. The lowest BCUT2D eigenvalue weighted by Gasteiger charge is -2.40. The molecule has 2 rings (SSSR count). The largest absolute Gasteiger partial charge is 0.383 e. The number of benzene rings is 1. The molecule has 0 spiro atoms. The van der Waals surface area contributed by atoms with Crippen molar-refractivity contribution in [3.8, 4) is 0 Å². The highest BCUT2D eigenvalue weighted by Crippen LogP contribution is 2.25. The number of hydrogen-bond acceptors (Lipinski definition) is 3. The van der Waals surface area contributed by atoms with Crippen molar-refractivity contribution < 1.29 is 4.74 Å². The molecule has 0 aromatic heterocycles. The van der Waals surface area contributed by atoms with Crippen molar-refractivity contribution in [2.45, 2.75) is 45.3 Å². The molecular formula is C18H31IN4O. The van der Waals surface area contributed by atoms with E-state index >= 15 is 0 Å². The molecule has 0 saturated heterocycles. The molecule has 5 nitrogen and oxygen atoms in total. The third kappa shape index (κ3) is 5.89. The summed E-state index contributed by atoms with van der Waals surface area (Å²) >= 11 is 0. The summed E-state index contributed by atoms with van der Waals surface area (Å²) in [7, 11) is 1.68. The molecule has 0 radical (unpaired) electrons. The standard InChI is InChI=1S/C18H30N4O.HI/c1-14(12-23-4)21-17(19)20-13-18(2,3)22-10-9-15-7-5-6-8-16(15)11-22;/h5-8,14H,9-13H2,1-4H3,(H3,19,20,21);1H. The van der Waals surface area contributed by atoms with Crippen LogP contribution in [0.3, 0.4) is 0 Å². The number of nitrogens with zero attached hydrogens (tertiary/aromatic N) is 2. The topological polar surface area (TPSA) is 62.9 Å². The highest BCUT2D eigenvalue weighted by atomic mass is 127. The van der Waals surface area contributed by atoms with Crippen LogP contribution in [0.15, 0.2) is 29.3 Å². The maximum Gasteiger partial charge on any atom is 0.188 e.